The Morgan fingerprint density at radius 3 is 0.449 bits per heavy atom. The standard InChI is InChI=1S/H51P49/c1-26-39(27(2)3)45(38(24)25)48(44(36(20)21)37(22)23)49(46(40(28(4)5)29(6)7)41(30(8)9)31(10)11)47(42(32(12)13)33(14)15)43(34(16)17)35(18)19/h26H,1-25H2. The second-order valence-electron chi connectivity index (χ2n) is 7.66. The molecule has 0 bridgehead atoms. The maximum Gasteiger partial charge on any atom is -0.0000150 e. The minimum Gasteiger partial charge on any atom is -0.109 e. The predicted octanol–water partition coefficient (Wildman–Crippen LogP) is 28.5. The molecule has 29 unspecified atom stereocenters. The van der Waals surface area contributed by atoms with Gasteiger partial charge in [-0.2, -0.15) is 0 Å². The number of hydrogen-bond acceptors (Lipinski definition) is 0. The molecule has 0 aliphatic carbocycles. The monoisotopic (exact) mass is 1570 g/mol. The van der Waals surface area contributed by atoms with Crippen LogP contribution in [0.25, 0.3) is 0 Å². The lowest BCUT2D eigenvalue weighted by atomic mass is 28.4. The van der Waals surface area contributed by atoms with Crippen LogP contribution in [0.1, 0.15) is 0 Å². The molecule has 0 radical (unpaired) electrons. The highest BCUT2D eigenvalue weighted by Gasteiger charge is 2.58. The minimum absolute atomic E-state index is 0.0365. The van der Waals surface area contributed by atoms with E-state index in [-0.39, 0.29) is 161 Å². The molecule has 0 N–H and O–H groups in total. The molecule has 49 heavy (non-hydrogen) atoms. The fourth-order valence-electron chi connectivity index (χ4n) is 2.86. The molecule has 0 saturated heterocycles. The summed E-state index contributed by atoms with van der Waals surface area (Å²) in [5.41, 5.74) is 0. The first-order valence-corrected chi connectivity index (χ1v) is 100.0. The molecule has 49 heteroatoms. The van der Waals surface area contributed by atoms with Crippen LogP contribution in [0.5, 0.6) is 0 Å². The number of rotatable bonds is 23. The molecule has 0 aromatic heterocycles. The van der Waals surface area contributed by atoms with Crippen molar-refractivity contribution in [2.24, 2.45) is 0 Å². The Balaban J connectivity index is 9.41. The van der Waals surface area contributed by atoms with E-state index in [1.54, 1.807) is 0 Å². The largest absolute Gasteiger partial charge is 0.109 e. The van der Waals surface area contributed by atoms with Crippen molar-refractivity contribution in [2.75, 3.05) is 0 Å². The predicted molar refractivity (Wildman–Crippen MR) is 410 cm³/mol. The maximum absolute atomic E-state index is 3.53. The first-order chi connectivity index (χ1) is 22.3. The van der Waals surface area contributed by atoms with Gasteiger partial charge in [-0.05, 0) is 161 Å². The zero-order chi connectivity index (χ0) is 39.0. The summed E-state index contributed by atoms with van der Waals surface area (Å²) >= 11 is 0. The van der Waals surface area contributed by atoms with Crippen LogP contribution in [0, 0.1) is 0 Å². The van der Waals surface area contributed by atoms with Crippen LogP contribution in [0.4, 0.5) is 0 Å². The molecule has 0 rings (SSSR count). The topological polar surface area (TPSA) is 0 Å². The van der Waals surface area contributed by atoms with E-state index in [2.05, 4.69) is 223 Å². The van der Waals surface area contributed by atoms with Gasteiger partial charge in [0.05, 0.1) is 0 Å². The highest BCUT2D eigenvalue weighted by atomic mass is 33.6. The van der Waals surface area contributed by atoms with E-state index in [1.807, 2.05) is 0 Å². The smallest absolute Gasteiger partial charge is 0.0000150 e. The second-order valence-corrected chi connectivity index (χ2v) is 207. The van der Waals surface area contributed by atoms with Crippen molar-refractivity contribution in [1.82, 2.24) is 0 Å². The van der Waals surface area contributed by atoms with Gasteiger partial charge in [-0.3, -0.25) is 0 Å². The van der Waals surface area contributed by atoms with E-state index in [0.29, 0.717) is 0 Å². The quantitative estimate of drug-likeness (QED) is 0.0895. The average Bonchev–Trinajstić information content (AvgIpc) is 2.88. The summed E-state index contributed by atoms with van der Waals surface area (Å²) in [7, 11) is 87.8. The normalized spacial score (nSPS) is 16.3. The lowest BCUT2D eigenvalue weighted by Crippen LogP contribution is -1.70. The number of hydrogen-bond donors (Lipinski definition) is 0. The molecule has 0 fully saturated rings. The van der Waals surface area contributed by atoms with Gasteiger partial charge in [-0.1, -0.05) is 7.96 Å². The van der Waals surface area contributed by atoms with E-state index in [0.717, 1.165) is 7.96 Å². The maximum atomic E-state index is 3.53. The van der Waals surface area contributed by atoms with E-state index in [4.69, 9.17) is 0 Å². The summed E-state index contributed by atoms with van der Waals surface area (Å²) in [6.07, 6.45) is 0. The Bertz CT molecular complexity index is 710. The molecule has 296 valence electrons. The Kier molecular flexibility index (Phi) is 55.2. The van der Waals surface area contributed by atoms with Crippen molar-refractivity contribution < 1.29 is 0 Å². The molecule has 0 aliphatic heterocycles. The molecule has 0 aliphatic rings. The van der Waals surface area contributed by atoms with Crippen LogP contribution in [0.15, 0.2) is 0 Å². The molecule has 29 atom stereocenters. The molecule has 0 amide bonds. The van der Waals surface area contributed by atoms with Gasteiger partial charge in [0.15, 0.2) is 0 Å². The van der Waals surface area contributed by atoms with Crippen LogP contribution in [-0.4, -0.2) is 0 Å². The highest BCUT2D eigenvalue weighted by molar-refractivity contribution is 9.51. The molecule has 0 aromatic carbocycles. The van der Waals surface area contributed by atoms with Crippen molar-refractivity contribution in [1.29, 1.82) is 0 Å². The van der Waals surface area contributed by atoms with Crippen molar-refractivity contribution in [3.63, 3.8) is 0 Å². The summed E-state index contributed by atoms with van der Waals surface area (Å²) in [6, 6.07) is 0. The third-order valence-electron chi connectivity index (χ3n) is 4.22. The molecule has 0 saturated carbocycles. The van der Waals surface area contributed by atoms with Crippen LogP contribution in [-0.2, 0) is 0 Å². The molecule has 0 nitrogen and oxygen atoms in total. The summed E-state index contributed by atoms with van der Waals surface area (Å²) in [4.78, 5) is 0. The zero-order valence-corrected chi connectivity index (χ0v) is 75.7. The SMILES string of the molecule is PPP(P(P)P)P(P(P)P)P(P(P(P)P)P(P)P)P(P(P(P(P)P)P(P)P)P(P(P)P)P(P)P)P(P(P(P)P)P(P)P)P(P(P)P)P(P)P. The molecular weight excluding hydrogens is 1520 g/mol. The van der Waals surface area contributed by atoms with Gasteiger partial charge >= 0.3 is 0 Å². The Hall–Kier alpha value is 21.1. The van der Waals surface area contributed by atoms with Gasteiger partial charge in [0.1, 0.15) is 0 Å². The first kappa shape index (κ1) is 70.1. The Morgan fingerprint density at radius 2 is 0.327 bits per heavy atom. The van der Waals surface area contributed by atoms with Crippen LogP contribution in [0.3, 0.4) is 0 Å². The zero-order valence-electron chi connectivity index (χ0n) is 25.2. The Morgan fingerprint density at radius 1 is 0.184 bits per heavy atom. The van der Waals surface area contributed by atoms with Gasteiger partial charge in [0.25, 0.3) is 0 Å². The second kappa shape index (κ2) is 38.6. The van der Waals surface area contributed by atoms with E-state index in [9.17, 15) is 0 Å². The lowest BCUT2D eigenvalue weighted by Gasteiger charge is -2.58. The van der Waals surface area contributed by atoms with Crippen molar-refractivity contribution >= 4 is 392 Å². The third kappa shape index (κ3) is 25.2. The van der Waals surface area contributed by atoms with Crippen LogP contribution in [0.2, 0.25) is 0 Å². The van der Waals surface area contributed by atoms with E-state index < -0.39 is 0 Å². The Labute approximate surface area is 386 Å². The fraction of sp³-hybridized carbons (Fsp3) is 0. The van der Waals surface area contributed by atoms with Gasteiger partial charge in [0.2, 0.25) is 0 Å². The van der Waals surface area contributed by atoms with Crippen LogP contribution >= 0.6 is 392 Å². The first-order valence-electron chi connectivity index (χ1n) is 11.1. The average molecular weight is 1570 g/mol. The van der Waals surface area contributed by atoms with Crippen LogP contribution < -0.4 is 0 Å². The summed E-state index contributed by atoms with van der Waals surface area (Å²) in [5, 5.41) is 0. The molecule has 0 aromatic rings. The molecule has 0 heterocycles. The van der Waals surface area contributed by atoms with Gasteiger partial charge in [-0.25, -0.2) is 0 Å². The molecular formula is H51P49. The van der Waals surface area contributed by atoms with Gasteiger partial charge in [-0.15, -0.1) is 223 Å². The van der Waals surface area contributed by atoms with Crippen molar-refractivity contribution in [3.8, 4) is 0 Å². The van der Waals surface area contributed by atoms with Crippen molar-refractivity contribution in [2.45, 2.75) is 0 Å². The minimum atomic E-state index is -0.184. The van der Waals surface area contributed by atoms with Gasteiger partial charge in [0, 0.05) is 0 Å². The van der Waals surface area contributed by atoms with E-state index >= 15 is 0 Å². The lowest BCUT2D eigenvalue weighted by molar-refractivity contribution is 4.36. The highest BCUT2D eigenvalue weighted by Crippen LogP contribution is 3.45. The van der Waals surface area contributed by atoms with Gasteiger partial charge < -0.3 is 0 Å². The summed E-state index contributed by atoms with van der Waals surface area (Å²) < 4.78 is 0. The summed E-state index contributed by atoms with van der Waals surface area (Å²) in [6.45, 7) is -3.34. The molecule has 0 spiro atoms. The van der Waals surface area contributed by atoms with Crippen molar-refractivity contribution in [3.05, 3.63) is 0 Å². The van der Waals surface area contributed by atoms with E-state index in [1.165, 1.54) is 0 Å². The summed E-state index contributed by atoms with van der Waals surface area (Å²) in [5.74, 6) is 0. The third-order valence-corrected chi connectivity index (χ3v) is 341. The fourth-order valence-corrected chi connectivity index (χ4v) is 694.